The van der Waals surface area contributed by atoms with Gasteiger partial charge >= 0.3 is 0 Å². The lowest BCUT2D eigenvalue weighted by Crippen LogP contribution is -2.42. The zero-order chi connectivity index (χ0) is 37.9. The van der Waals surface area contributed by atoms with Crippen LogP contribution in [-0.4, -0.2) is 51.5 Å². The monoisotopic (exact) mass is 732 g/mol. The lowest BCUT2D eigenvalue weighted by Gasteiger charge is -2.49. The standard InChI is InChI=1S/C48H40N6O2/c1-50(2)37-16-11-19-42-45(37)48(46-38(51(3)4)17-12-20-43(46)56-42)34-25-23-31(28-41(34)53-29-52(5)39-18-10-14-35(48)47(39)53)55-30-22-24-33-32-13-6-7-15-36(32)54(40(33)27-30)44-21-8-9-26-49-44/h6-28H,29H2,1-5H3. The van der Waals surface area contributed by atoms with Crippen LogP contribution < -0.4 is 29.1 Å². The van der Waals surface area contributed by atoms with E-state index in [-0.39, 0.29) is 0 Å². The lowest BCUT2D eigenvalue weighted by molar-refractivity contribution is 0.434. The Morgan fingerprint density at radius 1 is 0.625 bits per heavy atom. The summed E-state index contributed by atoms with van der Waals surface area (Å²) in [6.07, 6.45) is 1.84. The molecule has 2 aromatic heterocycles. The molecule has 0 saturated carbocycles. The maximum Gasteiger partial charge on any atom is 0.137 e. The lowest BCUT2D eigenvalue weighted by atomic mass is 9.60. The van der Waals surface area contributed by atoms with Crippen molar-refractivity contribution in [1.82, 2.24) is 9.55 Å². The van der Waals surface area contributed by atoms with E-state index >= 15 is 0 Å². The first-order valence-electron chi connectivity index (χ1n) is 19.0. The first-order valence-corrected chi connectivity index (χ1v) is 19.0. The molecule has 3 aliphatic heterocycles. The van der Waals surface area contributed by atoms with Crippen LogP contribution >= 0.6 is 0 Å². The number of aromatic nitrogens is 2. The van der Waals surface area contributed by atoms with Crippen molar-refractivity contribution in [3.05, 3.63) is 162 Å². The summed E-state index contributed by atoms with van der Waals surface area (Å²) in [6, 6.07) is 47.2. The van der Waals surface area contributed by atoms with E-state index in [9.17, 15) is 0 Å². The van der Waals surface area contributed by atoms with Gasteiger partial charge in [0.05, 0.1) is 40.2 Å². The second-order valence-corrected chi connectivity index (χ2v) is 15.4. The van der Waals surface area contributed by atoms with Gasteiger partial charge in [-0.05, 0) is 77.9 Å². The maximum atomic E-state index is 6.90. The third kappa shape index (κ3) is 4.32. The van der Waals surface area contributed by atoms with Gasteiger partial charge in [-0.2, -0.15) is 0 Å². The van der Waals surface area contributed by atoms with E-state index in [2.05, 4.69) is 175 Å². The zero-order valence-corrected chi connectivity index (χ0v) is 32.0. The number of benzene rings is 6. The SMILES string of the molecule is CN(C)c1cccc2c1C1(c3ccc(Oc4ccc5c6ccccc6n(-c6ccccn6)c5c4)cc3N3CN(C)c4cccc1c43)c1c(cccc1N(C)C)O2. The fourth-order valence-electron chi connectivity index (χ4n) is 9.62. The summed E-state index contributed by atoms with van der Waals surface area (Å²) in [5, 5.41) is 2.33. The highest BCUT2D eigenvalue weighted by Crippen LogP contribution is 2.67. The molecule has 8 nitrogen and oxygen atoms in total. The number of nitrogens with zero attached hydrogens (tertiary/aromatic N) is 6. The van der Waals surface area contributed by atoms with Crippen LogP contribution in [0.1, 0.15) is 22.3 Å². The largest absolute Gasteiger partial charge is 0.457 e. The molecule has 6 aromatic carbocycles. The Bertz CT molecular complexity index is 2840. The first-order chi connectivity index (χ1) is 27.3. The Balaban J connectivity index is 1.16. The Hall–Kier alpha value is -6.93. The van der Waals surface area contributed by atoms with Crippen LogP contribution in [0.3, 0.4) is 0 Å². The van der Waals surface area contributed by atoms with E-state index in [4.69, 9.17) is 14.5 Å². The van der Waals surface area contributed by atoms with Crippen molar-refractivity contribution in [2.75, 3.05) is 61.5 Å². The molecular formula is C48H40N6O2. The number of para-hydroxylation sites is 2. The van der Waals surface area contributed by atoms with Crippen LogP contribution in [0.5, 0.6) is 23.0 Å². The summed E-state index contributed by atoms with van der Waals surface area (Å²) in [5.41, 5.74) is 11.9. The predicted octanol–water partition coefficient (Wildman–Crippen LogP) is 10.5. The van der Waals surface area contributed by atoms with E-state index in [1.54, 1.807) is 0 Å². The number of ether oxygens (including phenoxy) is 2. The molecule has 11 rings (SSSR count). The van der Waals surface area contributed by atoms with Crippen LogP contribution in [0.4, 0.5) is 28.4 Å². The Kier molecular flexibility index (Phi) is 6.84. The Morgan fingerprint density at radius 3 is 2.04 bits per heavy atom. The van der Waals surface area contributed by atoms with Crippen molar-refractivity contribution < 1.29 is 9.47 Å². The fourth-order valence-corrected chi connectivity index (χ4v) is 9.62. The van der Waals surface area contributed by atoms with E-state index in [0.717, 1.165) is 80.1 Å². The van der Waals surface area contributed by atoms with Gasteiger partial charge in [-0.3, -0.25) is 4.57 Å². The van der Waals surface area contributed by atoms with Crippen molar-refractivity contribution in [3.8, 4) is 28.8 Å². The number of hydrogen-bond acceptors (Lipinski definition) is 7. The average Bonchev–Trinajstić information content (AvgIpc) is 3.74. The van der Waals surface area contributed by atoms with Gasteiger partial charge in [0, 0.05) is 86.8 Å². The van der Waals surface area contributed by atoms with E-state index in [1.165, 1.54) is 27.9 Å². The van der Waals surface area contributed by atoms with Crippen molar-refractivity contribution in [1.29, 1.82) is 0 Å². The topological polar surface area (TPSA) is 49.2 Å². The number of anilines is 5. The summed E-state index contributed by atoms with van der Waals surface area (Å²) in [4.78, 5) is 14.0. The highest BCUT2D eigenvalue weighted by Gasteiger charge is 2.55. The smallest absolute Gasteiger partial charge is 0.137 e. The summed E-state index contributed by atoms with van der Waals surface area (Å²) in [5.74, 6) is 4.12. The molecule has 5 heterocycles. The number of hydrogen-bond donors (Lipinski definition) is 0. The fraction of sp³-hybridized carbons (Fsp3) is 0.146. The minimum atomic E-state index is -0.714. The number of fused-ring (bicyclic) bond motifs is 11. The van der Waals surface area contributed by atoms with Gasteiger partial charge < -0.3 is 29.1 Å². The molecule has 0 atom stereocenters. The third-order valence-electron chi connectivity index (χ3n) is 11.8. The second-order valence-electron chi connectivity index (χ2n) is 15.4. The molecular weight excluding hydrogens is 693 g/mol. The molecule has 0 N–H and O–H groups in total. The third-order valence-corrected chi connectivity index (χ3v) is 11.8. The molecule has 0 fully saturated rings. The first kappa shape index (κ1) is 32.5. The number of rotatable bonds is 5. The molecule has 274 valence electrons. The van der Waals surface area contributed by atoms with Gasteiger partial charge in [-0.15, -0.1) is 0 Å². The van der Waals surface area contributed by atoms with E-state index in [0.29, 0.717) is 0 Å². The van der Waals surface area contributed by atoms with Gasteiger partial charge in [-0.25, -0.2) is 4.98 Å². The number of pyridine rings is 1. The van der Waals surface area contributed by atoms with Crippen LogP contribution in [-0.2, 0) is 5.41 Å². The van der Waals surface area contributed by atoms with Gasteiger partial charge in [0.1, 0.15) is 28.8 Å². The molecule has 8 aromatic rings. The van der Waals surface area contributed by atoms with Crippen LogP contribution in [0, 0.1) is 0 Å². The zero-order valence-electron chi connectivity index (χ0n) is 32.0. The molecule has 0 amide bonds. The normalized spacial score (nSPS) is 14.3. The summed E-state index contributed by atoms with van der Waals surface area (Å²) < 4.78 is 16.0. The molecule has 0 bridgehead atoms. The molecule has 1 spiro atoms. The molecule has 0 radical (unpaired) electrons. The van der Waals surface area contributed by atoms with Crippen molar-refractivity contribution in [2.45, 2.75) is 5.41 Å². The van der Waals surface area contributed by atoms with Crippen LogP contribution in [0.2, 0.25) is 0 Å². The molecule has 0 aliphatic carbocycles. The second kappa shape index (κ2) is 11.8. The summed E-state index contributed by atoms with van der Waals surface area (Å²) >= 11 is 0. The van der Waals surface area contributed by atoms with E-state index in [1.807, 2.05) is 24.4 Å². The maximum absolute atomic E-state index is 6.90. The molecule has 0 saturated heterocycles. The minimum absolute atomic E-state index is 0.714. The average molecular weight is 733 g/mol. The molecule has 0 unspecified atom stereocenters. The van der Waals surface area contributed by atoms with Gasteiger partial charge in [0.2, 0.25) is 0 Å². The molecule has 56 heavy (non-hydrogen) atoms. The quantitative estimate of drug-likeness (QED) is 0.175. The van der Waals surface area contributed by atoms with Crippen molar-refractivity contribution in [2.24, 2.45) is 0 Å². The van der Waals surface area contributed by atoms with Gasteiger partial charge in [0.15, 0.2) is 0 Å². The minimum Gasteiger partial charge on any atom is -0.457 e. The Morgan fingerprint density at radius 2 is 1.30 bits per heavy atom. The molecule has 3 aliphatic rings. The van der Waals surface area contributed by atoms with Gasteiger partial charge in [-0.1, -0.05) is 54.6 Å². The predicted molar refractivity (Wildman–Crippen MR) is 228 cm³/mol. The van der Waals surface area contributed by atoms with Crippen LogP contribution in [0.15, 0.2) is 140 Å². The highest BCUT2D eigenvalue weighted by molar-refractivity contribution is 6.09. The van der Waals surface area contributed by atoms with Crippen LogP contribution in [0.25, 0.3) is 27.6 Å². The Labute approximate surface area is 326 Å². The summed E-state index contributed by atoms with van der Waals surface area (Å²) in [6.45, 7) is 0.718. The summed E-state index contributed by atoms with van der Waals surface area (Å²) in [7, 11) is 10.7. The highest BCUT2D eigenvalue weighted by atomic mass is 16.5. The van der Waals surface area contributed by atoms with E-state index < -0.39 is 5.41 Å². The van der Waals surface area contributed by atoms with Gasteiger partial charge in [0.25, 0.3) is 0 Å². The van der Waals surface area contributed by atoms with Crippen molar-refractivity contribution in [3.63, 3.8) is 0 Å². The van der Waals surface area contributed by atoms with Crippen molar-refractivity contribution >= 4 is 50.2 Å². The molecule has 8 heteroatoms.